The van der Waals surface area contributed by atoms with Crippen molar-refractivity contribution >= 4 is 33.9 Å². The topological polar surface area (TPSA) is 122 Å². The van der Waals surface area contributed by atoms with Crippen molar-refractivity contribution in [1.82, 2.24) is 19.6 Å². The number of methoxy groups -OCH3 is 1. The maximum atomic E-state index is 14.0. The molecular formula is C27H25N5O4. The average molecular weight is 484 g/mol. The van der Waals surface area contributed by atoms with Crippen LogP contribution in [0, 0.1) is 0 Å². The van der Waals surface area contributed by atoms with Crippen molar-refractivity contribution in [2.75, 3.05) is 12.4 Å². The molecule has 0 aliphatic rings. The Balaban J connectivity index is 1.58. The number of carbonyl (C=O) groups is 2. The Labute approximate surface area is 206 Å². The molecule has 9 heteroatoms. The molecule has 3 N–H and O–H groups in total. The first-order valence-corrected chi connectivity index (χ1v) is 11.5. The van der Waals surface area contributed by atoms with Gasteiger partial charge in [0, 0.05) is 34.9 Å². The second-order valence-electron chi connectivity index (χ2n) is 8.67. The Morgan fingerprint density at radius 3 is 2.81 bits per heavy atom. The van der Waals surface area contributed by atoms with E-state index in [0.717, 1.165) is 22.0 Å². The summed E-state index contributed by atoms with van der Waals surface area (Å²) in [6.45, 7) is 1.86. The molecule has 0 radical (unpaired) electrons. The number of aliphatic carboxylic acids is 1. The fourth-order valence-electron chi connectivity index (χ4n) is 4.47. The highest BCUT2D eigenvalue weighted by molar-refractivity contribution is 6.12. The maximum absolute atomic E-state index is 14.0. The summed E-state index contributed by atoms with van der Waals surface area (Å²) in [4.78, 5) is 32.7. The molecule has 0 aliphatic heterocycles. The van der Waals surface area contributed by atoms with Gasteiger partial charge in [-0.1, -0.05) is 31.2 Å². The van der Waals surface area contributed by atoms with Gasteiger partial charge >= 0.3 is 5.97 Å². The van der Waals surface area contributed by atoms with Gasteiger partial charge in [-0.05, 0) is 29.7 Å². The number of ketones is 1. The van der Waals surface area contributed by atoms with E-state index in [1.54, 1.807) is 36.3 Å². The third-order valence-corrected chi connectivity index (χ3v) is 6.23. The zero-order valence-electron chi connectivity index (χ0n) is 19.8. The van der Waals surface area contributed by atoms with E-state index < -0.39 is 12.0 Å². The average Bonchev–Trinajstić information content (AvgIpc) is 3.51. The Morgan fingerprint density at radius 1 is 1.17 bits per heavy atom. The number of aromatic amines is 1. The molecular weight excluding hydrogens is 458 g/mol. The number of fused-ring (bicyclic) bond motifs is 2. The van der Waals surface area contributed by atoms with Crippen molar-refractivity contribution in [1.29, 1.82) is 0 Å². The molecule has 36 heavy (non-hydrogen) atoms. The molecule has 9 nitrogen and oxygen atoms in total. The third-order valence-electron chi connectivity index (χ3n) is 6.23. The van der Waals surface area contributed by atoms with Crippen LogP contribution in [-0.4, -0.2) is 43.6 Å². The molecule has 0 saturated heterocycles. The fraction of sp³-hybridized carbons (Fsp3) is 0.185. The minimum absolute atomic E-state index is 0.00428. The predicted octanol–water partition coefficient (Wildman–Crippen LogP) is 4.83. The highest BCUT2D eigenvalue weighted by atomic mass is 16.5. The standard InChI is InChI=1S/C27H25N5O4/c1-16(10-24(33)34)20-7-5-8-21-22(15-29-25(20)21)27(35)26(30-17-11-19(36-2)14-28-13-17)23-12-18-6-3-4-9-32(18)31-23/h3-9,11-16,26,29-30H,10H2,1-2H3,(H,33,34). The number of H-pyrrole nitrogens is 1. The summed E-state index contributed by atoms with van der Waals surface area (Å²) < 4.78 is 7.01. The molecule has 0 aliphatic carbocycles. The Kier molecular flexibility index (Phi) is 6.12. The van der Waals surface area contributed by atoms with Gasteiger partial charge < -0.3 is 20.1 Å². The van der Waals surface area contributed by atoms with Gasteiger partial charge in [-0.2, -0.15) is 5.10 Å². The van der Waals surface area contributed by atoms with Gasteiger partial charge in [0.25, 0.3) is 0 Å². The number of hydrogen-bond acceptors (Lipinski definition) is 6. The van der Waals surface area contributed by atoms with Crippen molar-refractivity contribution in [2.24, 2.45) is 0 Å². The van der Waals surface area contributed by atoms with Gasteiger partial charge in [-0.15, -0.1) is 0 Å². The quantitative estimate of drug-likeness (QED) is 0.257. The number of hydrogen-bond donors (Lipinski definition) is 3. The number of carbonyl (C=O) groups excluding carboxylic acids is 1. The lowest BCUT2D eigenvalue weighted by Crippen LogP contribution is -2.22. The minimum atomic E-state index is -0.870. The number of pyridine rings is 2. The van der Waals surface area contributed by atoms with Crippen LogP contribution in [0.2, 0.25) is 0 Å². The van der Waals surface area contributed by atoms with Crippen LogP contribution in [0.25, 0.3) is 16.4 Å². The number of rotatable bonds is 9. The highest BCUT2D eigenvalue weighted by Crippen LogP contribution is 2.32. The molecule has 5 rings (SSSR count). The fourth-order valence-corrected chi connectivity index (χ4v) is 4.47. The summed E-state index contributed by atoms with van der Waals surface area (Å²) in [5.41, 5.74) is 4.12. The Hall–Kier alpha value is -4.66. The van der Waals surface area contributed by atoms with Crippen LogP contribution in [0.1, 0.15) is 46.9 Å². The van der Waals surface area contributed by atoms with Gasteiger partial charge in [0.15, 0.2) is 5.78 Å². The molecule has 5 aromatic rings. The first-order valence-electron chi connectivity index (χ1n) is 11.5. The highest BCUT2D eigenvalue weighted by Gasteiger charge is 2.28. The first kappa shape index (κ1) is 23.1. The molecule has 4 aromatic heterocycles. The van der Waals surface area contributed by atoms with E-state index in [2.05, 4.69) is 20.4 Å². The van der Waals surface area contributed by atoms with E-state index in [9.17, 15) is 14.7 Å². The van der Waals surface area contributed by atoms with E-state index in [0.29, 0.717) is 22.7 Å². The number of ether oxygens (including phenoxy) is 1. The minimum Gasteiger partial charge on any atom is -0.495 e. The van der Waals surface area contributed by atoms with Crippen molar-refractivity contribution in [2.45, 2.75) is 25.3 Å². The SMILES string of the molecule is COc1cncc(NC(C(=O)c2c[nH]c3c(C(C)CC(=O)O)cccc23)c2cc3ccccn3n2)c1. The lowest BCUT2D eigenvalue weighted by molar-refractivity contribution is -0.137. The molecule has 2 atom stereocenters. The summed E-state index contributed by atoms with van der Waals surface area (Å²) in [6, 6.07) is 14.1. The summed E-state index contributed by atoms with van der Waals surface area (Å²) in [6.07, 6.45) is 6.72. The molecule has 2 unspecified atom stereocenters. The van der Waals surface area contributed by atoms with Crippen molar-refractivity contribution in [3.05, 3.63) is 90.1 Å². The molecule has 4 heterocycles. The normalized spacial score (nSPS) is 12.9. The number of para-hydroxylation sites is 1. The van der Waals surface area contributed by atoms with Crippen LogP contribution in [0.5, 0.6) is 5.75 Å². The van der Waals surface area contributed by atoms with Crippen molar-refractivity contribution in [3.8, 4) is 5.75 Å². The van der Waals surface area contributed by atoms with E-state index in [-0.39, 0.29) is 18.1 Å². The Morgan fingerprint density at radius 2 is 2.03 bits per heavy atom. The van der Waals surface area contributed by atoms with E-state index in [1.165, 1.54) is 0 Å². The number of anilines is 1. The van der Waals surface area contributed by atoms with Crippen LogP contribution in [-0.2, 0) is 4.79 Å². The molecule has 182 valence electrons. The zero-order valence-corrected chi connectivity index (χ0v) is 19.8. The third kappa shape index (κ3) is 4.38. The Bertz CT molecular complexity index is 1540. The van der Waals surface area contributed by atoms with Gasteiger partial charge in [-0.3, -0.25) is 14.6 Å². The lowest BCUT2D eigenvalue weighted by atomic mass is 9.94. The summed E-state index contributed by atoms with van der Waals surface area (Å²) in [5, 5.41) is 17.9. The number of nitrogens with zero attached hydrogens (tertiary/aromatic N) is 3. The van der Waals surface area contributed by atoms with Gasteiger partial charge in [-0.25, -0.2) is 4.52 Å². The smallest absolute Gasteiger partial charge is 0.303 e. The second-order valence-corrected chi connectivity index (χ2v) is 8.67. The molecule has 0 fully saturated rings. The van der Waals surface area contributed by atoms with Crippen LogP contribution in [0.15, 0.2) is 73.3 Å². The van der Waals surface area contributed by atoms with E-state index in [1.807, 2.05) is 55.6 Å². The lowest BCUT2D eigenvalue weighted by Gasteiger charge is -2.17. The maximum Gasteiger partial charge on any atom is 0.303 e. The van der Waals surface area contributed by atoms with Crippen LogP contribution in [0.4, 0.5) is 5.69 Å². The predicted molar refractivity (Wildman–Crippen MR) is 136 cm³/mol. The summed E-state index contributed by atoms with van der Waals surface area (Å²) in [7, 11) is 1.56. The number of carboxylic acid groups (broad SMARTS) is 1. The molecule has 0 saturated carbocycles. The number of carboxylic acids is 1. The van der Waals surface area contributed by atoms with Crippen LogP contribution >= 0.6 is 0 Å². The number of benzene rings is 1. The molecule has 0 amide bonds. The second kappa shape index (κ2) is 9.53. The first-order chi connectivity index (χ1) is 17.4. The van der Waals surface area contributed by atoms with E-state index >= 15 is 0 Å². The molecule has 0 spiro atoms. The zero-order chi connectivity index (χ0) is 25.2. The van der Waals surface area contributed by atoms with Gasteiger partial charge in [0.05, 0.1) is 42.8 Å². The molecule has 1 aromatic carbocycles. The summed E-state index contributed by atoms with van der Waals surface area (Å²) in [5.74, 6) is -0.714. The number of Topliss-reactive ketones (excluding diaryl/α,β-unsaturated/α-hetero) is 1. The molecule has 0 bridgehead atoms. The number of nitrogens with one attached hydrogen (secondary N) is 2. The monoisotopic (exact) mass is 483 g/mol. The van der Waals surface area contributed by atoms with Gasteiger partial charge in [0.1, 0.15) is 11.8 Å². The van der Waals surface area contributed by atoms with E-state index in [4.69, 9.17) is 4.74 Å². The van der Waals surface area contributed by atoms with Crippen LogP contribution < -0.4 is 10.1 Å². The summed E-state index contributed by atoms with van der Waals surface area (Å²) >= 11 is 0. The van der Waals surface area contributed by atoms with Crippen LogP contribution in [0.3, 0.4) is 0 Å². The number of aromatic nitrogens is 4. The largest absolute Gasteiger partial charge is 0.495 e. The van der Waals surface area contributed by atoms with Crippen molar-refractivity contribution in [3.63, 3.8) is 0 Å². The van der Waals surface area contributed by atoms with Gasteiger partial charge in [0.2, 0.25) is 0 Å². The van der Waals surface area contributed by atoms with Crippen molar-refractivity contribution < 1.29 is 19.4 Å².